The smallest absolute Gasteiger partial charge is 0.124 e. The molecule has 1 aromatic carbocycles. The Morgan fingerprint density at radius 3 is 2.78 bits per heavy atom. The maximum atomic E-state index is 13.1. The van der Waals surface area contributed by atoms with Crippen LogP contribution in [0.3, 0.4) is 0 Å². The summed E-state index contributed by atoms with van der Waals surface area (Å²) < 4.78 is 19.3. The largest absolute Gasteiger partial charge is 0.381 e. The summed E-state index contributed by atoms with van der Waals surface area (Å²) in [5, 5.41) is 3.39. The summed E-state index contributed by atoms with van der Waals surface area (Å²) in [5.41, 5.74) is 1.15. The number of benzene rings is 1. The van der Waals surface area contributed by atoms with Crippen molar-refractivity contribution in [3.05, 3.63) is 34.1 Å². The molecule has 1 unspecified atom stereocenters. The fourth-order valence-electron chi connectivity index (χ4n) is 2.55. The molecule has 100 valence electrons. The molecule has 0 amide bonds. The Kier molecular flexibility index (Phi) is 5.15. The first-order valence-electron chi connectivity index (χ1n) is 6.39. The summed E-state index contributed by atoms with van der Waals surface area (Å²) in [4.78, 5) is 0. The predicted molar refractivity (Wildman–Crippen MR) is 74.2 cm³/mol. The Hall–Kier alpha value is -0.450. The Labute approximate surface area is 116 Å². The lowest BCUT2D eigenvalue weighted by Gasteiger charge is -2.30. The zero-order valence-corrected chi connectivity index (χ0v) is 12.2. The molecule has 2 nitrogen and oxygen atoms in total. The van der Waals surface area contributed by atoms with Crippen LogP contribution in [0, 0.1) is 11.7 Å². The van der Waals surface area contributed by atoms with Crippen molar-refractivity contribution in [1.29, 1.82) is 0 Å². The summed E-state index contributed by atoms with van der Waals surface area (Å²) >= 11 is 3.44. The number of hydrogen-bond donors (Lipinski definition) is 1. The van der Waals surface area contributed by atoms with Gasteiger partial charge in [-0.3, -0.25) is 0 Å². The van der Waals surface area contributed by atoms with Crippen molar-refractivity contribution < 1.29 is 9.13 Å². The normalized spacial score (nSPS) is 18.8. The molecule has 0 bridgehead atoms. The van der Waals surface area contributed by atoms with Gasteiger partial charge in [-0.1, -0.05) is 22.0 Å². The van der Waals surface area contributed by atoms with Gasteiger partial charge in [-0.2, -0.15) is 0 Å². The van der Waals surface area contributed by atoms with E-state index < -0.39 is 0 Å². The fourth-order valence-corrected chi connectivity index (χ4v) is 3.06. The quantitative estimate of drug-likeness (QED) is 0.921. The first-order valence-corrected chi connectivity index (χ1v) is 7.19. The minimum Gasteiger partial charge on any atom is -0.381 e. The molecule has 1 saturated heterocycles. The fraction of sp³-hybridized carbons (Fsp3) is 0.571. The molecule has 18 heavy (non-hydrogen) atoms. The topological polar surface area (TPSA) is 21.3 Å². The first kappa shape index (κ1) is 14.0. The first-order chi connectivity index (χ1) is 8.70. The Balaban J connectivity index is 2.04. The van der Waals surface area contributed by atoms with Crippen molar-refractivity contribution in [2.45, 2.75) is 25.3 Å². The van der Waals surface area contributed by atoms with Gasteiger partial charge in [0.15, 0.2) is 0 Å². The van der Waals surface area contributed by atoms with Crippen LogP contribution < -0.4 is 5.32 Å². The van der Waals surface area contributed by atoms with Crippen LogP contribution in [0.4, 0.5) is 4.39 Å². The molecule has 1 N–H and O–H groups in total. The summed E-state index contributed by atoms with van der Waals surface area (Å²) in [7, 11) is 2.00. The molecule has 4 heteroatoms. The lowest BCUT2D eigenvalue weighted by molar-refractivity contribution is 0.0547. The highest BCUT2D eigenvalue weighted by atomic mass is 79.9. The zero-order chi connectivity index (χ0) is 13.0. The molecule has 1 atom stereocenters. The van der Waals surface area contributed by atoms with Crippen molar-refractivity contribution in [2.24, 2.45) is 5.92 Å². The molecule has 1 aliphatic heterocycles. The summed E-state index contributed by atoms with van der Waals surface area (Å²) in [6, 6.07) is 5.35. The second kappa shape index (κ2) is 6.64. The molecular formula is C14H19BrFNO. The highest BCUT2D eigenvalue weighted by Crippen LogP contribution is 2.25. The van der Waals surface area contributed by atoms with Crippen LogP contribution in [0.15, 0.2) is 22.7 Å². The Morgan fingerprint density at radius 2 is 2.17 bits per heavy atom. The monoisotopic (exact) mass is 315 g/mol. The van der Waals surface area contributed by atoms with E-state index in [4.69, 9.17) is 4.74 Å². The van der Waals surface area contributed by atoms with Crippen LogP contribution in [-0.4, -0.2) is 26.3 Å². The van der Waals surface area contributed by atoms with Crippen LogP contribution in [-0.2, 0) is 11.2 Å². The van der Waals surface area contributed by atoms with Gasteiger partial charge in [0, 0.05) is 23.7 Å². The third kappa shape index (κ3) is 3.53. The lowest BCUT2D eigenvalue weighted by Crippen LogP contribution is -2.38. The standard InChI is InChI=1S/C14H19BrFNO/c1-17-14(10-4-6-18-7-5-10)8-11-2-3-12(16)9-13(11)15/h2-3,9-10,14,17H,4-8H2,1H3. The summed E-state index contributed by atoms with van der Waals surface area (Å²) in [5.74, 6) is 0.443. The molecule has 0 saturated carbocycles. The van der Waals surface area contributed by atoms with Gasteiger partial charge in [-0.05, 0) is 49.9 Å². The van der Waals surface area contributed by atoms with E-state index in [0.717, 1.165) is 42.5 Å². The molecule has 0 aliphatic carbocycles. The third-order valence-electron chi connectivity index (χ3n) is 3.66. The van der Waals surface area contributed by atoms with Crippen LogP contribution in [0.1, 0.15) is 18.4 Å². The van der Waals surface area contributed by atoms with E-state index in [0.29, 0.717) is 12.0 Å². The second-order valence-electron chi connectivity index (χ2n) is 4.78. The second-order valence-corrected chi connectivity index (χ2v) is 5.64. The van der Waals surface area contributed by atoms with Crippen molar-refractivity contribution in [1.82, 2.24) is 5.32 Å². The van der Waals surface area contributed by atoms with E-state index in [1.807, 2.05) is 13.1 Å². The minimum atomic E-state index is -0.197. The van der Waals surface area contributed by atoms with E-state index in [2.05, 4.69) is 21.2 Å². The van der Waals surface area contributed by atoms with Crippen LogP contribution in [0.5, 0.6) is 0 Å². The average Bonchev–Trinajstić information content (AvgIpc) is 2.39. The number of hydrogen-bond acceptors (Lipinski definition) is 2. The number of ether oxygens (including phenoxy) is 1. The average molecular weight is 316 g/mol. The van der Waals surface area contributed by atoms with Gasteiger partial charge in [-0.25, -0.2) is 4.39 Å². The van der Waals surface area contributed by atoms with Gasteiger partial charge in [0.1, 0.15) is 5.82 Å². The summed E-state index contributed by atoms with van der Waals surface area (Å²) in [6.45, 7) is 1.71. The Bertz CT molecular complexity index is 393. The zero-order valence-electron chi connectivity index (χ0n) is 10.6. The molecule has 0 spiro atoms. The van der Waals surface area contributed by atoms with Gasteiger partial charge in [0.05, 0.1) is 0 Å². The van der Waals surface area contributed by atoms with Crippen LogP contribution in [0.2, 0.25) is 0 Å². The van der Waals surface area contributed by atoms with E-state index in [1.54, 1.807) is 0 Å². The van der Waals surface area contributed by atoms with Crippen molar-refractivity contribution in [3.8, 4) is 0 Å². The molecule has 1 aromatic rings. The molecule has 2 rings (SSSR count). The van der Waals surface area contributed by atoms with Crippen molar-refractivity contribution in [2.75, 3.05) is 20.3 Å². The van der Waals surface area contributed by atoms with Crippen LogP contribution >= 0.6 is 15.9 Å². The maximum absolute atomic E-state index is 13.1. The third-order valence-corrected chi connectivity index (χ3v) is 4.40. The maximum Gasteiger partial charge on any atom is 0.124 e. The van der Waals surface area contributed by atoms with Crippen LogP contribution in [0.25, 0.3) is 0 Å². The van der Waals surface area contributed by atoms with Gasteiger partial charge in [-0.15, -0.1) is 0 Å². The number of nitrogens with one attached hydrogen (secondary N) is 1. The number of halogens is 2. The molecule has 1 fully saturated rings. The van der Waals surface area contributed by atoms with Gasteiger partial charge < -0.3 is 10.1 Å². The van der Waals surface area contributed by atoms with Gasteiger partial charge >= 0.3 is 0 Å². The highest BCUT2D eigenvalue weighted by molar-refractivity contribution is 9.10. The molecule has 1 heterocycles. The predicted octanol–water partition coefficient (Wildman–Crippen LogP) is 3.15. The molecule has 0 radical (unpaired) electrons. The van der Waals surface area contributed by atoms with Gasteiger partial charge in [0.2, 0.25) is 0 Å². The van der Waals surface area contributed by atoms with E-state index in [1.165, 1.54) is 12.1 Å². The van der Waals surface area contributed by atoms with E-state index >= 15 is 0 Å². The molecule has 1 aliphatic rings. The Morgan fingerprint density at radius 1 is 1.44 bits per heavy atom. The molecule has 0 aromatic heterocycles. The van der Waals surface area contributed by atoms with E-state index in [-0.39, 0.29) is 5.82 Å². The lowest BCUT2D eigenvalue weighted by atomic mass is 9.88. The van der Waals surface area contributed by atoms with E-state index in [9.17, 15) is 4.39 Å². The number of rotatable bonds is 4. The highest BCUT2D eigenvalue weighted by Gasteiger charge is 2.23. The van der Waals surface area contributed by atoms with Crippen molar-refractivity contribution >= 4 is 15.9 Å². The van der Waals surface area contributed by atoms with Gasteiger partial charge in [0.25, 0.3) is 0 Å². The summed E-state index contributed by atoms with van der Waals surface area (Å²) in [6.07, 6.45) is 3.12. The minimum absolute atomic E-state index is 0.197. The molecular weight excluding hydrogens is 297 g/mol. The number of likely N-dealkylation sites (N-methyl/N-ethyl adjacent to an activating group) is 1. The SMILES string of the molecule is CNC(Cc1ccc(F)cc1Br)C1CCOCC1. The van der Waals surface area contributed by atoms with Crippen molar-refractivity contribution in [3.63, 3.8) is 0 Å².